The molecule has 1 fully saturated rings. The number of nitrogens with one attached hydrogen (secondary N) is 1. The highest BCUT2D eigenvalue weighted by Gasteiger charge is 2.42. The van der Waals surface area contributed by atoms with Crippen LogP contribution in [0, 0.1) is 12.3 Å². The zero-order valence-corrected chi connectivity index (χ0v) is 11.0. The van der Waals surface area contributed by atoms with Crippen molar-refractivity contribution in [2.45, 2.75) is 20.3 Å². The summed E-state index contributed by atoms with van der Waals surface area (Å²) in [5, 5.41) is 11.9. The zero-order valence-electron chi connectivity index (χ0n) is 11.0. The Balaban J connectivity index is 2.01. The van der Waals surface area contributed by atoms with Gasteiger partial charge in [0.25, 0.3) is 0 Å². The third-order valence-corrected chi connectivity index (χ3v) is 3.42. The molecule has 1 aliphatic heterocycles. The number of rotatable bonds is 2. The number of carboxylic acids is 1. The van der Waals surface area contributed by atoms with E-state index < -0.39 is 11.4 Å². The van der Waals surface area contributed by atoms with Crippen LogP contribution in [0.3, 0.4) is 0 Å². The Labute approximate surface area is 111 Å². The molecule has 0 aromatic carbocycles. The summed E-state index contributed by atoms with van der Waals surface area (Å²) in [5.74, 6) is -0.859. The molecular formula is C13H17N3O3. The molecule has 0 spiro atoms. The van der Waals surface area contributed by atoms with Crippen LogP contribution < -0.4 is 5.32 Å². The van der Waals surface area contributed by atoms with Crippen LogP contribution >= 0.6 is 0 Å². The van der Waals surface area contributed by atoms with Crippen molar-refractivity contribution in [3.63, 3.8) is 0 Å². The molecule has 1 aromatic heterocycles. The van der Waals surface area contributed by atoms with Crippen LogP contribution in [0.25, 0.3) is 0 Å². The van der Waals surface area contributed by atoms with Crippen molar-refractivity contribution in [3.05, 3.63) is 24.0 Å². The fraction of sp³-hybridized carbons (Fsp3) is 0.462. The van der Waals surface area contributed by atoms with Crippen LogP contribution in [0.4, 0.5) is 10.5 Å². The summed E-state index contributed by atoms with van der Waals surface area (Å²) >= 11 is 0. The summed E-state index contributed by atoms with van der Waals surface area (Å²) in [6.07, 6.45) is 2.10. The molecular weight excluding hydrogens is 246 g/mol. The molecule has 2 amide bonds. The second-order valence-electron chi connectivity index (χ2n) is 5.15. The van der Waals surface area contributed by atoms with Crippen molar-refractivity contribution >= 4 is 17.7 Å². The Kier molecular flexibility index (Phi) is 3.42. The van der Waals surface area contributed by atoms with Crippen LogP contribution in [0.1, 0.15) is 19.0 Å². The Morgan fingerprint density at radius 2 is 2.26 bits per heavy atom. The van der Waals surface area contributed by atoms with Gasteiger partial charge in [-0.1, -0.05) is 0 Å². The SMILES string of the molecule is Cc1cc(NC(=O)N2CCC(C)(C(=O)O)C2)ccn1. The second kappa shape index (κ2) is 4.87. The maximum Gasteiger partial charge on any atom is 0.321 e. The molecule has 2 N–H and O–H groups in total. The number of nitrogens with zero attached hydrogens (tertiary/aromatic N) is 2. The molecule has 0 bridgehead atoms. The molecule has 19 heavy (non-hydrogen) atoms. The van der Waals surface area contributed by atoms with Gasteiger partial charge in [0.05, 0.1) is 5.41 Å². The monoisotopic (exact) mass is 263 g/mol. The van der Waals surface area contributed by atoms with Crippen LogP contribution in [-0.4, -0.2) is 40.1 Å². The predicted molar refractivity (Wildman–Crippen MR) is 69.9 cm³/mol. The number of hydrogen-bond donors (Lipinski definition) is 2. The van der Waals surface area contributed by atoms with Gasteiger partial charge in [0.15, 0.2) is 0 Å². The molecule has 6 heteroatoms. The predicted octanol–water partition coefficient (Wildman–Crippen LogP) is 1.72. The number of urea groups is 1. The van der Waals surface area contributed by atoms with Crippen molar-refractivity contribution in [1.82, 2.24) is 9.88 Å². The van der Waals surface area contributed by atoms with Gasteiger partial charge in [0, 0.05) is 30.7 Å². The number of aromatic nitrogens is 1. The third kappa shape index (κ3) is 2.83. The highest BCUT2D eigenvalue weighted by atomic mass is 16.4. The highest BCUT2D eigenvalue weighted by Crippen LogP contribution is 2.30. The molecule has 1 saturated heterocycles. The molecule has 6 nitrogen and oxygen atoms in total. The molecule has 1 unspecified atom stereocenters. The Bertz CT molecular complexity index is 518. The second-order valence-corrected chi connectivity index (χ2v) is 5.15. The Hall–Kier alpha value is -2.11. The van der Waals surface area contributed by atoms with E-state index in [1.54, 1.807) is 25.3 Å². The summed E-state index contributed by atoms with van der Waals surface area (Å²) in [6.45, 7) is 4.20. The number of carboxylic acid groups (broad SMARTS) is 1. The first-order chi connectivity index (χ1) is 8.90. The molecule has 2 heterocycles. The maximum atomic E-state index is 12.0. The van der Waals surface area contributed by atoms with Gasteiger partial charge in [-0.3, -0.25) is 9.78 Å². The van der Waals surface area contributed by atoms with Crippen molar-refractivity contribution in [2.75, 3.05) is 18.4 Å². The zero-order chi connectivity index (χ0) is 14.0. The topological polar surface area (TPSA) is 82.5 Å². The Morgan fingerprint density at radius 1 is 1.53 bits per heavy atom. The minimum atomic E-state index is -0.859. The number of amides is 2. The van der Waals surface area contributed by atoms with E-state index in [1.165, 1.54) is 4.90 Å². The number of carbonyl (C=O) groups excluding carboxylic acids is 1. The normalized spacial score (nSPS) is 22.3. The fourth-order valence-corrected chi connectivity index (χ4v) is 2.13. The van der Waals surface area contributed by atoms with Crippen LogP contribution in [-0.2, 0) is 4.79 Å². The lowest BCUT2D eigenvalue weighted by Crippen LogP contribution is -2.37. The Morgan fingerprint density at radius 3 is 2.84 bits per heavy atom. The number of hydrogen-bond acceptors (Lipinski definition) is 3. The molecule has 2 rings (SSSR count). The van der Waals surface area contributed by atoms with Gasteiger partial charge in [-0.05, 0) is 32.4 Å². The van der Waals surface area contributed by atoms with Crippen molar-refractivity contribution in [1.29, 1.82) is 0 Å². The van der Waals surface area contributed by atoms with E-state index >= 15 is 0 Å². The van der Waals surface area contributed by atoms with E-state index in [9.17, 15) is 9.59 Å². The molecule has 1 atom stereocenters. The van der Waals surface area contributed by atoms with E-state index in [0.717, 1.165) is 5.69 Å². The number of anilines is 1. The number of pyridine rings is 1. The van der Waals surface area contributed by atoms with Gasteiger partial charge in [-0.15, -0.1) is 0 Å². The molecule has 102 valence electrons. The minimum Gasteiger partial charge on any atom is -0.481 e. The van der Waals surface area contributed by atoms with E-state index in [1.807, 2.05) is 6.92 Å². The van der Waals surface area contributed by atoms with E-state index in [-0.39, 0.29) is 12.6 Å². The number of aryl methyl sites for hydroxylation is 1. The van der Waals surface area contributed by atoms with Crippen molar-refractivity contribution < 1.29 is 14.7 Å². The van der Waals surface area contributed by atoms with Gasteiger partial charge < -0.3 is 15.3 Å². The van der Waals surface area contributed by atoms with Gasteiger partial charge in [0.1, 0.15) is 0 Å². The van der Waals surface area contributed by atoms with Crippen molar-refractivity contribution in [2.24, 2.45) is 5.41 Å². The summed E-state index contributed by atoms with van der Waals surface area (Å²) in [5.41, 5.74) is 0.641. The number of aliphatic carboxylic acids is 1. The lowest BCUT2D eigenvalue weighted by atomic mass is 9.90. The van der Waals surface area contributed by atoms with Gasteiger partial charge in [-0.25, -0.2) is 4.79 Å². The van der Waals surface area contributed by atoms with Gasteiger partial charge >= 0.3 is 12.0 Å². The average Bonchev–Trinajstić information content (AvgIpc) is 2.73. The molecule has 1 aromatic rings. The highest BCUT2D eigenvalue weighted by molar-refractivity contribution is 5.90. The van der Waals surface area contributed by atoms with E-state index in [0.29, 0.717) is 18.7 Å². The number of likely N-dealkylation sites (tertiary alicyclic amines) is 1. The fourth-order valence-electron chi connectivity index (χ4n) is 2.13. The van der Waals surface area contributed by atoms with Crippen LogP contribution in [0.15, 0.2) is 18.3 Å². The largest absolute Gasteiger partial charge is 0.481 e. The van der Waals surface area contributed by atoms with Crippen molar-refractivity contribution in [3.8, 4) is 0 Å². The first-order valence-corrected chi connectivity index (χ1v) is 6.13. The van der Waals surface area contributed by atoms with Gasteiger partial charge in [0.2, 0.25) is 0 Å². The van der Waals surface area contributed by atoms with Gasteiger partial charge in [-0.2, -0.15) is 0 Å². The number of carbonyl (C=O) groups is 2. The summed E-state index contributed by atoms with van der Waals surface area (Å²) in [4.78, 5) is 28.7. The lowest BCUT2D eigenvalue weighted by molar-refractivity contribution is -0.146. The summed E-state index contributed by atoms with van der Waals surface area (Å²) in [6, 6.07) is 3.21. The van der Waals surface area contributed by atoms with Crippen LogP contribution in [0.2, 0.25) is 0 Å². The lowest BCUT2D eigenvalue weighted by Gasteiger charge is -2.20. The first kappa shape index (κ1) is 13.3. The standard InChI is InChI=1S/C13H17N3O3/c1-9-7-10(3-5-14-9)15-12(19)16-6-4-13(2,8-16)11(17)18/h3,5,7H,4,6,8H2,1-2H3,(H,17,18)(H,14,15,19). The molecule has 0 saturated carbocycles. The minimum absolute atomic E-state index is 0.234. The van der Waals surface area contributed by atoms with E-state index in [2.05, 4.69) is 10.3 Å². The molecule has 0 radical (unpaired) electrons. The summed E-state index contributed by atoms with van der Waals surface area (Å²) < 4.78 is 0. The smallest absolute Gasteiger partial charge is 0.321 e. The third-order valence-electron chi connectivity index (χ3n) is 3.42. The van der Waals surface area contributed by atoms with E-state index in [4.69, 9.17) is 5.11 Å². The molecule has 0 aliphatic carbocycles. The average molecular weight is 263 g/mol. The maximum absolute atomic E-state index is 12.0. The molecule has 1 aliphatic rings. The quantitative estimate of drug-likeness (QED) is 0.851. The van der Waals surface area contributed by atoms with Crippen LogP contribution in [0.5, 0.6) is 0 Å². The summed E-state index contributed by atoms with van der Waals surface area (Å²) in [7, 11) is 0. The first-order valence-electron chi connectivity index (χ1n) is 6.13.